The third-order valence-corrected chi connectivity index (χ3v) is 3.04. The Morgan fingerprint density at radius 1 is 1.21 bits per heavy atom. The third kappa shape index (κ3) is 3.04. The van der Waals surface area contributed by atoms with Crippen molar-refractivity contribution in [2.24, 2.45) is 0 Å². The Labute approximate surface area is 118 Å². The molecule has 0 amide bonds. The van der Waals surface area contributed by atoms with Crippen LogP contribution in [0, 0.1) is 17.1 Å². The second-order valence-electron chi connectivity index (χ2n) is 3.77. The van der Waals surface area contributed by atoms with E-state index in [4.69, 9.17) is 10.00 Å². The van der Waals surface area contributed by atoms with E-state index in [1.54, 1.807) is 30.3 Å². The number of methoxy groups -OCH3 is 1. The van der Waals surface area contributed by atoms with Crippen LogP contribution < -0.4 is 10.1 Å². The second kappa shape index (κ2) is 5.72. The lowest BCUT2D eigenvalue weighted by Crippen LogP contribution is -1.97. The fourth-order valence-corrected chi connectivity index (χ4v) is 1.95. The van der Waals surface area contributed by atoms with Crippen LogP contribution in [0.15, 0.2) is 40.9 Å². The molecule has 2 rings (SSSR count). The first kappa shape index (κ1) is 13.4. The highest BCUT2D eigenvalue weighted by molar-refractivity contribution is 9.10. The summed E-state index contributed by atoms with van der Waals surface area (Å²) in [5.74, 6) is 0.201. The number of nitrogens with zero attached hydrogens (tertiary/aromatic N) is 1. The van der Waals surface area contributed by atoms with Crippen LogP contribution in [0.4, 0.5) is 15.8 Å². The van der Waals surface area contributed by atoms with Crippen molar-refractivity contribution < 1.29 is 9.13 Å². The first-order valence-corrected chi connectivity index (χ1v) is 6.23. The molecule has 0 aromatic heterocycles. The smallest absolute Gasteiger partial charge is 0.146 e. The van der Waals surface area contributed by atoms with Crippen LogP contribution in [0.5, 0.6) is 5.75 Å². The first-order chi connectivity index (χ1) is 9.13. The molecule has 96 valence electrons. The van der Waals surface area contributed by atoms with Gasteiger partial charge in [-0.2, -0.15) is 5.26 Å². The molecule has 0 aliphatic heterocycles. The molecule has 0 atom stereocenters. The maximum atomic E-state index is 13.7. The minimum Gasteiger partial charge on any atom is -0.497 e. The number of hydrogen-bond donors (Lipinski definition) is 1. The van der Waals surface area contributed by atoms with E-state index in [0.29, 0.717) is 22.7 Å². The molecule has 1 N–H and O–H groups in total. The molecule has 0 spiro atoms. The molecule has 0 bridgehead atoms. The van der Waals surface area contributed by atoms with E-state index >= 15 is 0 Å². The molecule has 0 heterocycles. The molecule has 19 heavy (non-hydrogen) atoms. The zero-order chi connectivity index (χ0) is 13.8. The Kier molecular flexibility index (Phi) is 4.03. The molecule has 0 unspecified atom stereocenters. The number of hydrogen-bond acceptors (Lipinski definition) is 3. The molecule has 0 fully saturated rings. The van der Waals surface area contributed by atoms with E-state index < -0.39 is 5.82 Å². The molecular formula is C14H10BrFN2O. The van der Waals surface area contributed by atoms with Crippen LogP contribution in [0.3, 0.4) is 0 Å². The SMILES string of the molecule is COc1ccc(C#N)c(Nc2cc(Br)ccc2F)c1. The fourth-order valence-electron chi connectivity index (χ4n) is 1.59. The van der Waals surface area contributed by atoms with Gasteiger partial charge in [-0.25, -0.2) is 4.39 Å². The highest BCUT2D eigenvalue weighted by atomic mass is 79.9. The number of benzene rings is 2. The van der Waals surface area contributed by atoms with E-state index in [-0.39, 0.29) is 0 Å². The van der Waals surface area contributed by atoms with Crippen LogP contribution in [0.25, 0.3) is 0 Å². The molecule has 5 heteroatoms. The van der Waals surface area contributed by atoms with Gasteiger partial charge in [0, 0.05) is 10.5 Å². The fraction of sp³-hybridized carbons (Fsp3) is 0.0714. The molecule has 0 aliphatic carbocycles. The van der Waals surface area contributed by atoms with E-state index in [1.165, 1.54) is 13.2 Å². The summed E-state index contributed by atoms with van der Waals surface area (Å²) in [6.07, 6.45) is 0. The third-order valence-electron chi connectivity index (χ3n) is 2.54. The topological polar surface area (TPSA) is 45.0 Å². The van der Waals surface area contributed by atoms with Gasteiger partial charge in [0.05, 0.1) is 24.0 Å². The van der Waals surface area contributed by atoms with Crippen molar-refractivity contribution in [3.63, 3.8) is 0 Å². The predicted octanol–water partition coefficient (Wildman–Crippen LogP) is 4.21. The van der Waals surface area contributed by atoms with Crippen molar-refractivity contribution in [2.45, 2.75) is 0 Å². The lowest BCUT2D eigenvalue weighted by Gasteiger charge is -2.11. The summed E-state index contributed by atoms with van der Waals surface area (Å²) in [5.41, 5.74) is 1.21. The Morgan fingerprint density at radius 2 is 2.00 bits per heavy atom. The predicted molar refractivity (Wildman–Crippen MR) is 75.1 cm³/mol. The minimum absolute atomic E-state index is 0.291. The van der Waals surface area contributed by atoms with Gasteiger partial charge in [0.25, 0.3) is 0 Å². The summed E-state index contributed by atoms with van der Waals surface area (Å²) in [5, 5.41) is 11.9. The first-order valence-electron chi connectivity index (χ1n) is 5.44. The molecular weight excluding hydrogens is 311 g/mol. The quantitative estimate of drug-likeness (QED) is 0.921. The number of rotatable bonds is 3. The summed E-state index contributed by atoms with van der Waals surface area (Å²) in [7, 11) is 1.53. The van der Waals surface area contributed by atoms with Gasteiger partial charge in [-0.15, -0.1) is 0 Å². The summed E-state index contributed by atoms with van der Waals surface area (Å²) in [4.78, 5) is 0. The van der Waals surface area contributed by atoms with Crippen molar-refractivity contribution in [1.82, 2.24) is 0 Å². The van der Waals surface area contributed by atoms with E-state index in [2.05, 4.69) is 21.2 Å². The molecule has 0 saturated carbocycles. The van der Waals surface area contributed by atoms with Gasteiger partial charge in [-0.3, -0.25) is 0 Å². The lowest BCUT2D eigenvalue weighted by molar-refractivity contribution is 0.415. The average molecular weight is 321 g/mol. The highest BCUT2D eigenvalue weighted by Crippen LogP contribution is 2.28. The van der Waals surface area contributed by atoms with E-state index in [1.807, 2.05) is 6.07 Å². The standard InChI is InChI=1S/C14H10BrFN2O/c1-19-11-4-2-9(8-17)13(7-11)18-14-6-10(15)3-5-12(14)16/h2-7,18H,1H3. The maximum Gasteiger partial charge on any atom is 0.146 e. The maximum absolute atomic E-state index is 13.7. The normalized spacial score (nSPS) is 9.79. The van der Waals surface area contributed by atoms with Crippen molar-refractivity contribution in [1.29, 1.82) is 5.26 Å². The molecule has 3 nitrogen and oxygen atoms in total. The lowest BCUT2D eigenvalue weighted by atomic mass is 10.1. The molecule has 0 radical (unpaired) electrons. The highest BCUT2D eigenvalue weighted by Gasteiger charge is 2.08. The largest absolute Gasteiger partial charge is 0.497 e. The average Bonchev–Trinajstić information content (AvgIpc) is 2.42. The molecule has 2 aromatic rings. The number of ether oxygens (including phenoxy) is 1. The zero-order valence-corrected chi connectivity index (χ0v) is 11.7. The van der Waals surface area contributed by atoms with Gasteiger partial charge >= 0.3 is 0 Å². The summed E-state index contributed by atoms with van der Waals surface area (Å²) in [6, 6.07) is 11.6. The van der Waals surface area contributed by atoms with Gasteiger partial charge < -0.3 is 10.1 Å². The van der Waals surface area contributed by atoms with Crippen LogP contribution in [-0.4, -0.2) is 7.11 Å². The molecule has 2 aromatic carbocycles. The van der Waals surface area contributed by atoms with Crippen molar-refractivity contribution >= 4 is 27.3 Å². The Balaban J connectivity index is 2.42. The summed E-state index contributed by atoms with van der Waals surface area (Å²) in [6.45, 7) is 0. The van der Waals surface area contributed by atoms with E-state index in [0.717, 1.165) is 4.47 Å². The van der Waals surface area contributed by atoms with E-state index in [9.17, 15) is 4.39 Å². The molecule has 0 saturated heterocycles. The Hall–Kier alpha value is -2.06. The Morgan fingerprint density at radius 3 is 2.68 bits per heavy atom. The van der Waals surface area contributed by atoms with Gasteiger partial charge in [-0.05, 0) is 30.3 Å². The van der Waals surface area contributed by atoms with Crippen LogP contribution in [0.1, 0.15) is 5.56 Å². The number of anilines is 2. The number of nitriles is 1. The van der Waals surface area contributed by atoms with Crippen molar-refractivity contribution in [2.75, 3.05) is 12.4 Å². The molecule has 0 aliphatic rings. The summed E-state index contributed by atoms with van der Waals surface area (Å²) >= 11 is 3.28. The number of halogens is 2. The monoisotopic (exact) mass is 320 g/mol. The minimum atomic E-state index is -0.394. The zero-order valence-electron chi connectivity index (χ0n) is 10.1. The van der Waals surface area contributed by atoms with Crippen LogP contribution >= 0.6 is 15.9 Å². The van der Waals surface area contributed by atoms with Gasteiger partial charge in [0.1, 0.15) is 17.6 Å². The van der Waals surface area contributed by atoms with Gasteiger partial charge in [0.2, 0.25) is 0 Å². The van der Waals surface area contributed by atoms with Crippen molar-refractivity contribution in [3.05, 3.63) is 52.3 Å². The second-order valence-corrected chi connectivity index (χ2v) is 4.69. The van der Waals surface area contributed by atoms with Gasteiger partial charge in [-0.1, -0.05) is 15.9 Å². The van der Waals surface area contributed by atoms with Gasteiger partial charge in [0.15, 0.2) is 0 Å². The Bertz CT molecular complexity index is 652. The van der Waals surface area contributed by atoms with Crippen molar-refractivity contribution in [3.8, 4) is 11.8 Å². The van der Waals surface area contributed by atoms with Crippen LogP contribution in [-0.2, 0) is 0 Å². The summed E-state index contributed by atoms with van der Waals surface area (Å²) < 4.78 is 19.5. The van der Waals surface area contributed by atoms with Crippen LogP contribution in [0.2, 0.25) is 0 Å². The number of nitrogens with one attached hydrogen (secondary N) is 1.